The first-order valence-corrected chi connectivity index (χ1v) is 8.57. The zero-order valence-corrected chi connectivity index (χ0v) is 12.5. The van der Waals surface area contributed by atoms with Crippen molar-refractivity contribution >= 4 is 26.0 Å². The molecule has 0 saturated heterocycles. The molecule has 2 unspecified atom stereocenters. The van der Waals surface area contributed by atoms with E-state index in [1.54, 1.807) is 0 Å². The number of halogens is 1. The van der Waals surface area contributed by atoms with E-state index >= 15 is 0 Å². The van der Waals surface area contributed by atoms with Crippen molar-refractivity contribution in [2.45, 2.75) is 44.4 Å². The second-order valence-electron chi connectivity index (χ2n) is 5.13. The minimum Gasteiger partial charge on any atom is -0.215 e. The van der Waals surface area contributed by atoms with Gasteiger partial charge in [0.15, 0.2) is 0 Å². The van der Waals surface area contributed by atoms with Crippen molar-refractivity contribution in [2.75, 3.05) is 12.3 Å². The summed E-state index contributed by atoms with van der Waals surface area (Å²) in [6.45, 7) is 4.70. The summed E-state index contributed by atoms with van der Waals surface area (Å²) in [5.74, 6) is 1.21. The third-order valence-corrected chi connectivity index (χ3v) is 5.24. The van der Waals surface area contributed by atoms with Crippen LogP contribution in [0.25, 0.3) is 0 Å². The van der Waals surface area contributed by atoms with E-state index in [1.165, 1.54) is 6.42 Å². The highest BCUT2D eigenvalue weighted by atomic mass is 79.9. The van der Waals surface area contributed by atoms with E-state index in [0.29, 0.717) is 23.2 Å². The Balaban J connectivity index is 2.25. The number of rotatable bonds is 6. The molecular weight excluding hydrogens is 290 g/mol. The first-order chi connectivity index (χ1) is 7.39. The van der Waals surface area contributed by atoms with Crippen molar-refractivity contribution in [3.8, 4) is 0 Å². The van der Waals surface area contributed by atoms with Gasteiger partial charge in [-0.2, -0.15) is 0 Å². The monoisotopic (exact) mass is 311 g/mol. The molecule has 1 saturated carbocycles. The Morgan fingerprint density at radius 1 is 1.38 bits per heavy atom. The molecule has 0 aromatic heterocycles. The van der Waals surface area contributed by atoms with Crippen LogP contribution in [0.15, 0.2) is 0 Å². The Kier molecular flexibility index (Phi) is 5.74. The first kappa shape index (κ1) is 14.5. The van der Waals surface area contributed by atoms with Crippen molar-refractivity contribution in [3.63, 3.8) is 0 Å². The highest BCUT2D eigenvalue weighted by Crippen LogP contribution is 2.30. The molecular formula is C11H22BrNO2S. The molecule has 1 rings (SSSR count). The van der Waals surface area contributed by atoms with Gasteiger partial charge in [0.25, 0.3) is 0 Å². The minimum atomic E-state index is -3.05. The molecule has 0 radical (unpaired) electrons. The molecule has 0 aromatic carbocycles. The highest BCUT2D eigenvalue weighted by Gasteiger charge is 2.23. The van der Waals surface area contributed by atoms with Crippen LogP contribution in [0.2, 0.25) is 0 Å². The lowest BCUT2D eigenvalue weighted by atomic mass is 10.1. The maximum Gasteiger partial charge on any atom is 0.211 e. The molecule has 0 heterocycles. The summed E-state index contributed by atoms with van der Waals surface area (Å²) in [6, 6.07) is 0. The number of alkyl halides is 1. The molecule has 1 N–H and O–H groups in total. The standard InChI is InChI=1S/C11H22BrNO2S/c1-9(2)5-6-16(14,15)13-8-10-3-4-11(12)7-10/h9-11,13H,3-8H2,1-2H3. The lowest BCUT2D eigenvalue weighted by Gasteiger charge is -2.12. The molecule has 3 nitrogen and oxygen atoms in total. The molecule has 16 heavy (non-hydrogen) atoms. The van der Waals surface area contributed by atoms with Crippen LogP contribution < -0.4 is 4.72 Å². The lowest BCUT2D eigenvalue weighted by molar-refractivity contribution is 0.515. The molecule has 0 bridgehead atoms. The van der Waals surface area contributed by atoms with Gasteiger partial charge >= 0.3 is 0 Å². The smallest absolute Gasteiger partial charge is 0.211 e. The van der Waals surface area contributed by atoms with Gasteiger partial charge in [-0.15, -0.1) is 0 Å². The Morgan fingerprint density at radius 3 is 2.56 bits per heavy atom. The predicted molar refractivity (Wildman–Crippen MR) is 71.3 cm³/mol. The van der Waals surface area contributed by atoms with Gasteiger partial charge in [0, 0.05) is 11.4 Å². The molecule has 2 atom stereocenters. The van der Waals surface area contributed by atoms with Crippen LogP contribution in [0.1, 0.15) is 39.5 Å². The van der Waals surface area contributed by atoms with Crippen LogP contribution >= 0.6 is 15.9 Å². The van der Waals surface area contributed by atoms with Gasteiger partial charge in [0.1, 0.15) is 0 Å². The lowest BCUT2D eigenvalue weighted by Crippen LogP contribution is -2.31. The Morgan fingerprint density at radius 2 is 2.06 bits per heavy atom. The summed E-state index contributed by atoms with van der Waals surface area (Å²) in [7, 11) is -3.05. The largest absolute Gasteiger partial charge is 0.215 e. The molecule has 96 valence electrons. The van der Waals surface area contributed by atoms with E-state index in [4.69, 9.17) is 0 Å². The van der Waals surface area contributed by atoms with E-state index in [2.05, 4.69) is 20.7 Å². The molecule has 1 aliphatic rings. The molecule has 0 amide bonds. The molecule has 0 aliphatic heterocycles. The SMILES string of the molecule is CC(C)CCS(=O)(=O)NCC1CCC(Br)C1. The van der Waals surface area contributed by atoms with E-state index in [1.807, 2.05) is 13.8 Å². The van der Waals surface area contributed by atoms with E-state index < -0.39 is 10.0 Å². The van der Waals surface area contributed by atoms with Crippen molar-refractivity contribution in [3.05, 3.63) is 0 Å². The molecule has 0 spiro atoms. The summed E-state index contributed by atoms with van der Waals surface area (Å²) in [6.07, 6.45) is 4.12. The average molecular weight is 312 g/mol. The fourth-order valence-corrected chi connectivity index (χ4v) is 4.12. The number of hydrogen-bond acceptors (Lipinski definition) is 2. The number of nitrogens with one attached hydrogen (secondary N) is 1. The summed E-state index contributed by atoms with van der Waals surface area (Å²) in [5.41, 5.74) is 0. The van der Waals surface area contributed by atoms with Gasteiger partial charge in [-0.25, -0.2) is 13.1 Å². The zero-order chi connectivity index (χ0) is 12.2. The fourth-order valence-electron chi connectivity index (χ4n) is 1.91. The van der Waals surface area contributed by atoms with Gasteiger partial charge in [0.05, 0.1) is 5.75 Å². The van der Waals surface area contributed by atoms with Crippen LogP contribution in [0.4, 0.5) is 0 Å². The third kappa shape index (κ3) is 5.64. The van der Waals surface area contributed by atoms with E-state index in [-0.39, 0.29) is 5.75 Å². The van der Waals surface area contributed by atoms with Gasteiger partial charge < -0.3 is 0 Å². The van der Waals surface area contributed by atoms with Gasteiger partial charge in [-0.3, -0.25) is 0 Å². The van der Waals surface area contributed by atoms with Gasteiger partial charge in [-0.05, 0) is 37.5 Å². The summed E-state index contributed by atoms with van der Waals surface area (Å²) in [5, 5.41) is 0. The second kappa shape index (κ2) is 6.36. The maximum absolute atomic E-state index is 11.7. The van der Waals surface area contributed by atoms with Crippen LogP contribution in [0.5, 0.6) is 0 Å². The highest BCUT2D eigenvalue weighted by molar-refractivity contribution is 9.09. The molecule has 5 heteroatoms. The molecule has 0 aromatic rings. The summed E-state index contributed by atoms with van der Waals surface area (Å²) >= 11 is 3.57. The first-order valence-electron chi connectivity index (χ1n) is 6.00. The molecule has 1 aliphatic carbocycles. The van der Waals surface area contributed by atoms with Crippen molar-refractivity contribution in [1.82, 2.24) is 4.72 Å². The third-order valence-electron chi connectivity index (χ3n) is 3.03. The van der Waals surface area contributed by atoms with Gasteiger partial charge in [-0.1, -0.05) is 29.8 Å². The summed E-state index contributed by atoms with van der Waals surface area (Å²) < 4.78 is 26.0. The molecule has 1 fully saturated rings. The minimum absolute atomic E-state index is 0.259. The van der Waals surface area contributed by atoms with Crippen molar-refractivity contribution < 1.29 is 8.42 Å². The predicted octanol–water partition coefficient (Wildman–Crippen LogP) is 2.52. The van der Waals surface area contributed by atoms with Gasteiger partial charge in [0.2, 0.25) is 10.0 Å². The van der Waals surface area contributed by atoms with Crippen LogP contribution in [0, 0.1) is 11.8 Å². The van der Waals surface area contributed by atoms with E-state index in [0.717, 1.165) is 19.3 Å². The second-order valence-corrected chi connectivity index (χ2v) is 8.35. The average Bonchev–Trinajstić information content (AvgIpc) is 2.59. The Bertz CT molecular complexity index is 303. The number of sulfonamides is 1. The van der Waals surface area contributed by atoms with E-state index in [9.17, 15) is 8.42 Å². The Labute approximate surface area is 108 Å². The van der Waals surface area contributed by atoms with Crippen molar-refractivity contribution in [1.29, 1.82) is 0 Å². The topological polar surface area (TPSA) is 46.2 Å². The fraction of sp³-hybridized carbons (Fsp3) is 1.00. The summed E-state index contributed by atoms with van der Waals surface area (Å²) in [4.78, 5) is 0.581. The van der Waals surface area contributed by atoms with Crippen LogP contribution in [0.3, 0.4) is 0 Å². The Hall–Kier alpha value is 0.390. The van der Waals surface area contributed by atoms with Crippen molar-refractivity contribution in [2.24, 2.45) is 11.8 Å². The maximum atomic E-state index is 11.7. The zero-order valence-electron chi connectivity index (χ0n) is 10.1. The van der Waals surface area contributed by atoms with Crippen LogP contribution in [-0.2, 0) is 10.0 Å². The van der Waals surface area contributed by atoms with Crippen LogP contribution in [-0.4, -0.2) is 25.5 Å². The number of hydrogen-bond donors (Lipinski definition) is 1. The normalized spacial score (nSPS) is 26.5. The quantitative estimate of drug-likeness (QED) is 0.766.